The highest BCUT2D eigenvalue weighted by Crippen LogP contribution is 2.18. The molecule has 0 saturated carbocycles. The number of likely N-dealkylation sites (tertiary alicyclic amines) is 1. The van der Waals surface area contributed by atoms with Gasteiger partial charge in [-0.1, -0.05) is 0 Å². The fourth-order valence-electron chi connectivity index (χ4n) is 2.60. The number of amides is 1. The molecular formula is C14H25N5O. The number of carbonyl (C=O) groups is 1. The average Bonchev–Trinajstić information content (AvgIpc) is 2.94. The third kappa shape index (κ3) is 3.80. The van der Waals surface area contributed by atoms with E-state index in [4.69, 9.17) is 0 Å². The number of hydrogen-bond donors (Lipinski definition) is 1. The smallest absolute Gasteiger partial charge is 0.257 e. The number of rotatable bonds is 5. The second-order valence-electron chi connectivity index (χ2n) is 5.82. The lowest BCUT2D eigenvalue weighted by molar-refractivity contribution is 0.0575. The number of aromatic amines is 1. The van der Waals surface area contributed by atoms with Crippen molar-refractivity contribution in [2.24, 2.45) is 0 Å². The summed E-state index contributed by atoms with van der Waals surface area (Å²) in [5.74, 6) is 0.0927. The minimum atomic E-state index is 0.0927. The van der Waals surface area contributed by atoms with Gasteiger partial charge in [-0.3, -0.25) is 9.89 Å². The normalized spacial score (nSPS) is 17.6. The van der Waals surface area contributed by atoms with Crippen LogP contribution in [0.5, 0.6) is 0 Å². The van der Waals surface area contributed by atoms with Crippen LogP contribution in [0.15, 0.2) is 12.4 Å². The van der Waals surface area contributed by atoms with E-state index in [1.54, 1.807) is 12.4 Å². The van der Waals surface area contributed by atoms with Crippen LogP contribution in [-0.2, 0) is 0 Å². The van der Waals surface area contributed by atoms with Crippen LogP contribution in [0.4, 0.5) is 0 Å². The quantitative estimate of drug-likeness (QED) is 0.853. The number of piperidine rings is 1. The molecule has 0 atom stereocenters. The summed E-state index contributed by atoms with van der Waals surface area (Å²) in [7, 11) is 6.21. The van der Waals surface area contributed by atoms with E-state index in [9.17, 15) is 4.79 Å². The van der Waals surface area contributed by atoms with Crippen molar-refractivity contribution in [3.05, 3.63) is 18.0 Å². The van der Waals surface area contributed by atoms with Crippen LogP contribution in [0.25, 0.3) is 0 Å². The van der Waals surface area contributed by atoms with Crippen molar-refractivity contribution in [3.63, 3.8) is 0 Å². The molecule has 2 rings (SSSR count). The molecule has 112 valence electrons. The number of aromatic nitrogens is 2. The van der Waals surface area contributed by atoms with Gasteiger partial charge in [-0.15, -0.1) is 0 Å². The predicted molar refractivity (Wildman–Crippen MR) is 78.7 cm³/mol. The van der Waals surface area contributed by atoms with Crippen LogP contribution in [0, 0.1) is 0 Å². The maximum atomic E-state index is 12.6. The van der Waals surface area contributed by atoms with Crippen LogP contribution in [0.1, 0.15) is 23.2 Å². The third-order valence-electron chi connectivity index (χ3n) is 3.92. The fraction of sp³-hybridized carbons (Fsp3) is 0.714. The van der Waals surface area contributed by atoms with E-state index in [0.717, 1.165) is 39.0 Å². The summed E-state index contributed by atoms with van der Waals surface area (Å²) < 4.78 is 0. The summed E-state index contributed by atoms with van der Waals surface area (Å²) in [6.45, 7) is 3.77. The van der Waals surface area contributed by atoms with Gasteiger partial charge in [-0.2, -0.15) is 5.10 Å². The Bertz CT molecular complexity index is 409. The Balaban J connectivity index is 2.05. The first-order valence-corrected chi connectivity index (χ1v) is 7.21. The van der Waals surface area contributed by atoms with Gasteiger partial charge in [-0.25, -0.2) is 0 Å². The summed E-state index contributed by atoms with van der Waals surface area (Å²) in [6.07, 6.45) is 5.39. The van der Waals surface area contributed by atoms with Gasteiger partial charge in [-0.05, 0) is 47.1 Å². The van der Waals surface area contributed by atoms with Gasteiger partial charge in [0.05, 0.1) is 11.8 Å². The SMILES string of the molecule is CN(C)CCN(C(=O)c1cn[nH]c1)C1CCN(C)CC1. The Morgan fingerprint density at radius 2 is 2.10 bits per heavy atom. The summed E-state index contributed by atoms with van der Waals surface area (Å²) in [5.41, 5.74) is 0.655. The van der Waals surface area contributed by atoms with Gasteiger partial charge in [0.2, 0.25) is 0 Å². The molecular weight excluding hydrogens is 254 g/mol. The largest absolute Gasteiger partial charge is 0.334 e. The molecule has 0 radical (unpaired) electrons. The molecule has 2 heterocycles. The first-order chi connectivity index (χ1) is 9.58. The van der Waals surface area contributed by atoms with Crippen LogP contribution >= 0.6 is 0 Å². The number of carbonyl (C=O) groups excluding carboxylic acids is 1. The number of nitrogens with one attached hydrogen (secondary N) is 1. The standard InChI is InChI=1S/C14H25N5O/c1-17(2)8-9-19(13-4-6-18(3)7-5-13)14(20)12-10-15-16-11-12/h10-11,13H,4-9H2,1-3H3,(H,15,16). The summed E-state index contributed by atoms with van der Waals surface area (Å²) in [6, 6.07) is 0.341. The van der Waals surface area contributed by atoms with Gasteiger partial charge >= 0.3 is 0 Å². The first-order valence-electron chi connectivity index (χ1n) is 7.21. The first kappa shape index (κ1) is 15.0. The van der Waals surface area contributed by atoms with Gasteiger partial charge in [0.25, 0.3) is 5.91 Å². The lowest BCUT2D eigenvalue weighted by atomic mass is 10.0. The molecule has 1 saturated heterocycles. The van der Waals surface area contributed by atoms with Crippen molar-refractivity contribution in [1.82, 2.24) is 24.9 Å². The molecule has 20 heavy (non-hydrogen) atoms. The zero-order valence-corrected chi connectivity index (χ0v) is 12.7. The molecule has 1 aliphatic rings. The Hall–Kier alpha value is -1.40. The molecule has 1 aliphatic heterocycles. The van der Waals surface area contributed by atoms with Gasteiger partial charge < -0.3 is 14.7 Å². The number of H-pyrrole nitrogens is 1. The molecule has 0 aromatic carbocycles. The number of likely N-dealkylation sites (N-methyl/N-ethyl adjacent to an activating group) is 1. The van der Waals surface area contributed by atoms with Crippen molar-refractivity contribution >= 4 is 5.91 Å². The van der Waals surface area contributed by atoms with E-state index in [1.165, 1.54) is 0 Å². The minimum absolute atomic E-state index is 0.0927. The van der Waals surface area contributed by atoms with E-state index in [2.05, 4.69) is 27.0 Å². The zero-order valence-electron chi connectivity index (χ0n) is 12.7. The van der Waals surface area contributed by atoms with Crippen LogP contribution in [-0.4, -0.2) is 84.2 Å². The average molecular weight is 279 g/mol. The van der Waals surface area contributed by atoms with E-state index >= 15 is 0 Å². The summed E-state index contributed by atoms with van der Waals surface area (Å²) in [5, 5.41) is 6.61. The van der Waals surface area contributed by atoms with Crippen molar-refractivity contribution in [1.29, 1.82) is 0 Å². The van der Waals surface area contributed by atoms with Gasteiger partial charge in [0.1, 0.15) is 0 Å². The molecule has 1 aromatic heterocycles. The lowest BCUT2D eigenvalue weighted by Gasteiger charge is -2.37. The predicted octanol–water partition coefficient (Wildman–Crippen LogP) is 0.508. The maximum Gasteiger partial charge on any atom is 0.257 e. The topological polar surface area (TPSA) is 55.5 Å². The van der Waals surface area contributed by atoms with Crippen molar-refractivity contribution in [2.75, 3.05) is 47.3 Å². The van der Waals surface area contributed by atoms with E-state index in [0.29, 0.717) is 11.6 Å². The highest BCUT2D eigenvalue weighted by Gasteiger charge is 2.27. The lowest BCUT2D eigenvalue weighted by Crippen LogP contribution is -2.48. The second kappa shape index (κ2) is 6.85. The van der Waals surface area contributed by atoms with Crippen LogP contribution in [0.3, 0.4) is 0 Å². The van der Waals surface area contributed by atoms with Crippen molar-refractivity contribution < 1.29 is 4.79 Å². The van der Waals surface area contributed by atoms with Crippen molar-refractivity contribution in [2.45, 2.75) is 18.9 Å². The highest BCUT2D eigenvalue weighted by atomic mass is 16.2. The highest BCUT2D eigenvalue weighted by molar-refractivity contribution is 5.93. The monoisotopic (exact) mass is 279 g/mol. The molecule has 6 nitrogen and oxygen atoms in total. The molecule has 0 unspecified atom stereocenters. The Labute approximate surface area is 120 Å². The molecule has 1 amide bonds. The minimum Gasteiger partial charge on any atom is -0.334 e. The molecule has 0 bridgehead atoms. The fourth-order valence-corrected chi connectivity index (χ4v) is 2.60. The van der Waals surface area contributed by atoms with Crippen LogP contribution < -0.4 is 0 Å². The summed E-state index contributed by atoms with van der Waals surface area (Å²) in [4.78, 5) is 19.1. The van der Waals surface area contributed by atoms with Crippen molar-refractivity contribution in [3.8, 4) is 0 Å². The Kier molecular flexibility index (Phi) is 5.14. The molecule has 1 N–H and O–H groups in total. The number of nitrogens with zero attached hydrogens (tertiary/aromatic N) is 4. The maximum absolute atomic E-state index is 12.6. The summed E-state index contributed by atoms with van der Waals surface area (Å²) >= 11 is 0. The van der Waals surface area contributed by atoms with E-state index < -0.39 is 0 Å². The molecule has 0 spiro atoms. The van der Waals surface area contributed by atoms with Gasteiger partial charge in [0.15, 0.2) is 0 Å². The van der Waals surface area contributed by atoms with E-state index in [1.807, 2.05) is 19.0 Å². The van der Waals surface area contributed by atoms with E-state index in [-0.39, 0.29) is 5.91 Å². The number of hydrogen-bond acceptors (Lipinski definition) is 4. The third-order valence-corrected chi connectivity index (χ3v) is 3.92. The molecule has 1 fully saturated rings. The Morgan fingerprint density at radius 1 is 1.40 bits per heavy atom. The second-order valence-corrected chi connectivity index (χ2v) is 5.82. The zero-order chi connectivity index (χ0) is 14.5. The van der Waals surface area contributed by atoms with Crippen LogP contribution in [0.2, 0.25) is 0 Å². The van der Waals surface area contributed by atoms with Gasteiger partial charge in [0, 0.05) is 25.3 Å². The Morgan fingerprint density at radius 3 is 2.65 bits per heavy atom. The molecule has 6 heteroatoms. The molecule has 0 aliphatic carbocycles. The molecule has 1 aromatic rings.